The topological polar surface area (TPSA) is 90.8 Å². The predicted octanol–water partition coefficient (Wildman–Crippen LogP) is 1.63. The van der Waals surface area contributed by atoms with E-state index >= 15 is 0 Å². The monoisotopic (exact) mass is 371 g/mol. The van der Waals surface area contributed by atoms with Gasteiger partial charge in [-0.3, -0.25) is 0 Å². The van der Waals surface area contributed by atoms with E-state index in [1.54, 1.807) is 4.90 Å². The minimum Gasteiger partial charge on any atom is -0.489 e. The molecule has 0 saturated carbocycles. The molecule has 0 spiro atoms. The fourth-order valence-corrected chi connectivity index (χ4v) is 2.92. The van der Waals surface area contributed by atoms with Crippen molar-refractivity contribution in [1.82, 2.24) is 4.90 Å². The van der Waals surface area contributed by atoms with Gasteiger partial charge in [0, 0.05) is 13.1 Å². The van der Waals surface area contributed by atoms with E-state index in [0.717, 1.165) is 23.1 Å². The van der Waals surface area contributed by atoms with Crippen molar-refractivity contribution in [1.29, 1.82) is 0 Å². The van der Waals surface area contributed by atoms with Crippen LogP contribution in [-0.4, -0.2) is 43.5 Å². The van der Waals surface area contributed by atoms with Crippen LogP contribution < -0.4 is 16.2 Å². The molecule has 0 aliphatic carbocycles. The third-order valence-corrected chi connectivity index (χ3v) is 4.13. The van der Waals surface area contributed by atoms with Gasteiger partial charge in [-0.25, -0.2) is 4.79 Å². The van der Waals surface area contributed by atoms with Crippen molar-refractivity contribution in [3.63, 3.8) is 0 Å². The molecule has 4 N–H and O–H groups in total. The largest absolute Gasteiger partial charge is 0.489 e. The summed E-state index contributed by atoms with van der Waals surface area (Å²) in [6, 6.07) is 4.04. The van der Waals surface area contributed by atoms with Gasteiger partial charge in [0.1, 0.15) is 12.4 Å². The van der Waals surface area contributed by atoms with E-state index in [2.05, 4.69) is 15.9 Å². The van der Waals surface area contributed by atoms with Crippen molar-refractivity contribution in [3.8, 4) is 5.75 Å². The smallest absolute Gasteiger partial charge is 0.409 e. The highest BCUT2D eigenvalue weighted by molar-refractivity contribution is 9.10. The second kappa shape index (κ2) is 7.80. The lowest BCUT2D eigenvalue weighted by Gasteiger charge is -2.18. The Morgan fingerprint density at radius 2 is 1.95 bits per heavy atom. The van der Waals surface area contributed by atoms with Crippen molar-refractivity contribution in [2.24, 2.45) is 11.5 Å². The minimum atomic E-state index is -0.509. The molecular weight excluding hydrogens is 350 g/mol. The van der Waals surface area contributed by atoms with E-state index < -0.39 is 6.17 Å². The highest BCUT2D eigenvalue weighted by Gasteiger charge is 2.20. The molecule has 1 heterocycles. The third-order valence-electron chi connectivity index (χ3n) is 3.51. The van der Waals surface area contributed by atoms with Gasteiger partial charge in [-0.05, 0) is 59.0 Å². The molecule has 1 aliphatic heterocycles. The first-order chi connectivity index (χ1) is 10.5. The molecular formula is C15H22BrN3O3. The number of amides is 1. The highest BCUT2D eigenvalue weighted by atomic mass is 79.9. The van der Waals surface area contributed by atoms with Crippen molar-refractivity contribution >= 4 is 22.0 Å². The summed E-state index contributed by atoms with van der Waals surface area (Å²) < 4.78 is 11.6. The van der Waals surface area contributed by atoms with Crippen LogP contribution in [0.15, 0.2) is 16.6 Å². The summed E-state index contributed by atoms with van der Waals surface area (Å²) in [5.41, 5.74) is 13.4. The van der Waals surface area contributed by atoms with E-state index in [1.165, 1.54) is 11.1 Å². The fourth-order valence-electron chi connectivity index (χ4n) is 2.42. The molecule has 7 heteroatoms. The van der Waals surface area contributed by atoms with Gasteiger partial charge in [0.25, 0.3) is 0 Å². The number of nitrogens with zero attached hydrogens (tertiary/aromatic N) is 1. The van der Waals surface area contributed by atoms with E-state index in [4.69, 9.17) is 20.9 Å². The van der Waals surface area contributed by atoms with Crippen LogP contribution in [0.2, 0.25) is 0 Å². The maximum Gasteiger partial charge on any atom is 0.409 e. The Bertz CT molecular complexity index is 537. The van der Waals surface area contributed by atoms with Gasteiger partial charge in [0.05, 0.1) is 17.2 Å². The number of hydrogen-bond donors (Lipinski definition) is 2. The Kier molecular flexibility index (Phi) is 6.05. The SMILES string of the molecule is CCOC(=O)N1CCc2cc(Br)c(OCC(N)N)cc2CC1. The Morgan fingerprint density at radius 1 is 1.32 bits per heavy atom. The van der Waals surface area contributed by atoms with E-state index in [1.807, 2.05) is 19.1 Å². The van der Waals surface area contributed by atoms with Crippen LogP contribution in [-0.2, 0) is 17.6 Å². The zero-order chi connectivity index (χ0) is 16.1. The predicted molar refractivity (Wildman–Crippen MR) is 87.8 cm³/mol. The number of fused-ring (bicyclic) bond motifs is 1. The summed E-state index contributed by atoms with van der Waals surface area (Å²) in [5, 5.41) is 0. The van der Waals surface area contributed by atoms with Crippen LogP contribution in [0.5, 0.6) is 5.75 Å². The number of carbonyl (C=O) groups excluding carboxylic acids is 1. The molecule has 0 aromatic heterocycles. The van der Waals surface area contributed by atoms with Gasteiger partial charge in [0.15, 0.2) is 0 Å². The molecule has 0 saturated heterocycles. The number of halogens is 1. The number of carbonyl (C=O) groups is 1. The maximum absolute atomic E-state index is 11.9. The zero-order valence-corrected chi connectivity index (χ0v) is 14.3. The fraction of sp³-hybridized carbons (Fsp3) is 0.533. The Morgan fingerprint density at radius 3 is 2.55 bits per heavy atom. The van der Waals surface area contributed by atoms with Crippen molar-refractivity contribution < 1.29 is 14.3 Å². The van der Waals surface area contributed by atoms with Gasteiger partial charge in [0.2, 0.25) is 0 Å². The molecule has 1 amide bonds. The summed E-state index contributed by atoms with van der Waals surface area (Å²) in [4.78, 5) is 13.6. The average molecular weight is 372 g/mol. The molecule has 1 aromatic rings. The maximum atomic E-state index is 11.9. The molecule has 0 bridgehead atoms. The first-order valence-electron chi connectivity index (χ1n) is 7.38. The number of rotatable bonds is 4. The molecule has 0 fully saturated rings. The lowest BCUT2D eigenvalue weighted by atomic mass is 10.0. The molecule has 1 aliphatic rings. The van der Waals surface area contributed by atoms with Crippen LogP contribution in [0.4, 0.5) is 4.79 Å². The molecule has 0 atom stereocenters. The third kappa shape index (κ3) is 4.34. The van der Waals surface area contributed by atoms with Gasteiger partial charge >= 0.3 is 6.09 Å². The molecule has 2 rings (SSSR count). The normalized spacial score (nSPS) is 14.5. The standard InChI is InChI=1S/C15H22BrN3O3/c1-2-21-15(20)19-5-3-10-7-12(16)13(22-9-14(17)18)8-11(10)4-6-19/h7-8,14H,2-6,9,17-18H2,1H3. The second-order valence-corrected chi connectivity index (χ2v) is 6.07. The number of benzene rings is 1. The van der Waals surface area contributed by atoms with Gasteiger partial charge in [-0.15, -0.1) is 0 Å². The molecule has 22 heavy (non-hydrogen) atoms. The molecule has 1 aromatic carbocycles. The van der Waals surface area contributed by atoms with Crippen LogP contribution in [0, 0.1) is 0 Å². The van der Waals surface area contributed by atoms with E-state index in [0.29, 0.717) is 19.7 Å². The zero-order valence-electron chi connectivity index (χ0n) is 12.7. The summed E-state index contributed by atoms with van der Waals surface area (Å²) >= 11 is 3.51. The van der Waals surface area contributed by atoms with Crippen LogP contribution in [0.3, 0.4) is 0 Å². The first kappa shape index (κ1) is 17.1. The second-order valence-electron chi connectivity index (χ2n) is 5.21. The highest BCUT2D eigenvalue weighted by Crippen LogP contribution is 2.30. The Labute approximate surface area is 138 Å². The Balaban J connectivity index is 2.10. The Hall–Kier alpha value is -1.31. The first-order valence-corrected chi connectivity index (χ1v) is 8.17. The van der Waals surface area contributed by atoms with Crippen molar-refractivity contribution in [3.05, 3.63) is 27.7 Å². The summed E-state index contributed by atoms with van der Waals surface area (Å²) in [5.74, 6) is 0.726. The minimum absolute atomic E-state index is 0.250. The van der Waals surface area contributed by atoms with Gasteiger partial charge in [-0.1, -0.05) is 0 Å². The van der Waals surface area contributed by atoms with Crippen molar-refractivity contribution in [2.75, 3.05) is 26.3 Å². The summed E-state index contributed by atoms with van der Waals surface area (Å²) in [6.45, 7) is 3.76. The van der Waals surface area contributed by atoms with Crippen LogP contribution in [0.1, 0.15) is 18.1 Å². The number of hydrogen-bond acceptors (Lipinski definition) is 5. The summed E-state index contributed by atoms with van der Waals surface area (Å²) in [6.07, 6.45) is 0.806. The van der Waals surface area contributed by atoms with Crippen LogP contribution >= 0.6 is 15.9 Å². The van der Waals surface area contributed by atoms with Gasteiger partial charge in [-0.2, -0.15) is 0 Å². The van der Waals surface area contributed by atoms with E-state index in [-0.39, 0.29) is 12.7 Å². The lowest BCUT2D eigenvalue weighted by molar-refractivity contribution is 0.109. The average Bonchev–Trinajstić information content (AvgIpc) is 2.67. The van der Waals surface area contributed by atoms with Crippen LogP contribution in [0.25, 0.3) is 0 Å². The number of ether oxygens (including phenoxy) is 2. The van der Waals surface area contributed by atoms with Gasteiger partial charge < -0.3 is 25.8 Å². The summed E-state index contributed by atoms with van der Waals surface area (Å²) in [7, 11) is 0. The van der Waals surface area contributed by atoms with E-state index in [9.17, 15) is 4.79 Å². The number of nitrogens with two attached hydrogens (primary N) is 2. The quantitative estimate of drug-likeness (QED) is 0.784. The molecule has 0 unspecified atom stereocenters. The molecule has 6 nitrogen and oxygen atoms in total. The molecule has 122 valence electrons. The lowest BCUT2D eigenvalue weighted by Crippen LogP contribution is -2.36. The molecule has 0 radical (unpaired) electrons. The van der Waals surface area contributed by atoms with Crippen molar-refractivity contribution in [2.45, 2.75) is 25.9 Å².